The molecule has 1 aromatic heterocycles. The standard InChI is InChI=1S/C22H20N2O5S/c1-29-18-5-3-2-4-17(18)23-30(27,28)16-10-8-15(9-11-16)24-21(25)19-13-6-7-14(12-13)20(19)22(24)26/h2-11,13-14,23,25-26H,12H2,1H3/t13-,14?/m0/s1. The Balaban J connectivity index is 1.47. The molecule has 30 heavy (non-hydrogen) atoms. The second kappa shape index (κ2) is 6.56. The van der Waals surface area contributed by atoms with Crippen molar-refractivity contribution in [2.45, 2.75) is 23.2 Å². The van der Waals surface area contributed by atoms with Gasteiger partial charge in [0, 0.05) is 23.0 Å². The van der Waals surface area contributed by atoms with E-state index in [1.165, 1.54) is 23.8 Å². The summed E-state index contributed by atoms with van der Waals surface area (Å²) in [4.78, 5) is 0.0533. The van der Waals surface area contributed by atoms with E-state index in [1.54, 1.807) is 36.4 Å². The molecule has 0 amide bonds. The number of sulfonamides is 1. The van der Waals surface area contributed by atoms with Crippen molar-refractivity contribution in [2.24, 2.45) is 0 Å². The van der Waals surface area contributed by atoms with Gasteiger partial charge < -0.3 is 14.9 Å². The van der Waals surface area contributed by atoms with Crippen LogP contribution in [-0.2, 0) is 10.0 Å². The van der Waals surface area contributed by atoms with Crippen LogP contribution in [-0.4, -0.2) is 30.3 Å². The van der Waals surface area contributed by atoms with E-state index in [9.17, 15) is 18.6 Å². The summed E-state index contributed by atoms with van der Waals surface area (Å²) in [6, 6.07) is 12.7. The smallest absolute Gasteiger partial charge is 0.262 e. The predicted molar refractivity (Wildman–Crippen MR) is 112 cm³/mol. The van der Waals surface area contributed by atoms with Gasteiger partial charge in [0.15, 0.2) is 0 Å². The van der Waals surface area contributed by atoms with Gasteiger partial charge in [0.25, 0.3) is 10.0 Å². The van der Waals surface area contributed by atoms with E-state index >= 15 is 0 Å². The van der Waals surface area contributed by atoms with E-state index in [0.29, 0.717) is 17.1 Å². The molecule has 2 atom stereocenters. The van der Waals surface area contributed by atoms with E-state index in [2.05, 4.69) is 16.9 Å². The number of nitrogens with zero attached hydrogens (tertiary/aromatic N) is 1. The van der Waals surface area contributed by atoms with Gasteiger partial charge in [0.2, 0.25) is 11.8 Å². The number of ether oxygens (including phenoxy) is 1. The minimum absolute atomic E-state index is 0.00195. The average molecular weight is 424 g/mol. The molecule has 0 saturated heterocycles. The maximum Gasteiger partial charge on any atom is 0.262 e. The van der Waals surface area contributed by atoms with E-state index in [4.69, 9.17) is 4.74 Å². The number of rotatable bonds is 5. The van der Waals surface area contributed by atoms with E-state index in [-0.39, 0.29) is 28.5 Å². The molecule has 0 aliphatic heterocycles. The normalized spacial score (nSPS) is 19.1. The molecule has 0 saturated carbocycles. The highest BCUT2D eigenvalue weighted by molar-refractivity contribution is 7.92. The van der Waals surface area contributed by atoms with Gasteiger partial charge in [-0.3, -0.25) is 9.29 Å². The Kier molecular flexibility index (Phi) is 4.08. The Morgan fingerprint density at radius 1 is 0.967 bits per heavy atom. The summed E-state index contributed by atoms with van der Waals surface area (Å²) in [6.07, 6.45) is 4.98. The average Bonchev–Trinajstić information content (AvgIpc) is 3.42. The number of fused-ring (bicyclic) bond motifs is 5. The number of benzene rings is 2. The number of methoxy groups -OCH3 is 1. The molecule has 154 valence electrons. The third-order valence-corrected chi connectivity index (χ3v) is 7.16. The number of aromatic hydroxyl groups is 2. The first kappa shape index (κ1) is 18.6. The zero-order chi connectivity index (χ0) is 21.0. The Bertz CT molecular complexity index is 1240. The number of hydrogen-bond acceptors (Lipinski definition) is 5. The zero-order valence-electron chi connectivity index (χ0n) is 16.1. The Morgan fingerprint density at radius 2 is 1.57 bits per heavy atom. The minimum Gasteiger partial charge on any atom is -0.495 e. The van der Waals surface area contributed by atoms with Crippen LogP contribution >= 0.6 is 0 Å². The van der Waals surface area contributed by atoms with Crippen LogP contribution in [0.5, 0.6) is 17.5 Å². The summed E-state index contributed by atoms with van der Waals surface area (Å²) in [7, 11) is -2.37. The molecule has 1 heterocycles. The number of anilines is 1. The van der Waals surface area contributed by atoms with E-state index in [1.807, 2.05) is 0 Å². The summed E-state index contributed by atoms with van der Waals surface area (Å²) in [5, 5.41) is 21.4. The lowest BCUT2D eigenvalue weighted by molar-refractivity contribution is 0.395. The lowest BCUT2D eigenvalue weighted by Crippen LogP contribution is -2.13. The molecule has 2 aliphatic carbocycles. The molecule has 0 fully saturated rings. The van der Waals surface area contributed by atoms with Crippen LogP contribution in [0.3, 0.4) is 0 Å². The number of nitrogens with one attached hydrogen (secondary N) is 1. The van der Waals surface area contributed by atoms with Crippen LogP contribution in [0.4, 0.5) is 5.69 Å². The summed E-state index contributed by atoms with van der Waals surface area (Å²) in [5.41, 5.74) is 2.34. The third kappa shape index (κ3) is 2.68. The molecule has 7 nitrogen and oxygen atoms in total. The summed E-state index contributed by atoms with van der Waals surface area (Å²) in [6.45, 7) is 0. The van der Waals surface area contributed by atoms with Gasteiger partial charge in [0.1, 0.15) is 5.75 Å². The van der Waals surface area contributed by atoms with Crippen LogP contribution in [0.15, 0.2) is 65.6 Å². The molecule has 5 rings (SSSR count). The van der Waals surface area contributed by atoms with Crippen molar-refractivity contribution in [1.29, 1.82) is 0 Å². The molecular weight excluding hydrogens is 404 g/mol. The molecule has 0 spiro atoms. The lowest BCUT2D eigenvalue weighted by Gasteiger charge is -2.13. The maximum atomic E-state index is 12.8. The van der Waals surface area contributed by atoms with Crippen molar-refractivity contribution in [1.82, 2.24) is 4.57 Å². The first-order valence-electron chi connectivity index (χ1n) is 9.51. The number of para-hydroxylation sites is 2. The van der Waals surface area contributed by atoms with Gasteiger partial charge in [0.05, 0.1) is 23.4 Å². The quantitative estimate of drug-likeness (QED) is 0.541. The molecule has 3 N–H and O–H groups in total. The Hall–Kier alpha value is -3.39. The number of allylic oxidation sites excluding steroid dienone is 2. The maximum absolute atomic E-state index is 12.8. The van der Waals surface area contributed by atoms with Gasteiger partial charge >= 0.3 is 0 Å². The highest BCUT2D eigenvalue weighted by Gasteiger charge is 2.41. The van der Waals surface area contributed by atoms with Crippen LogP contribution < -0.4 is 9.46 Å². The topological polar surface area (TPSA) is 101 Å². The van der Waals surface area contributed by atoms with Crippen molar-refractivity contribution in [3.63, 3.8) is 0 Å². The highest BCUT2D eigenvalue weighted by Crippen LogP contribution is 2.57. The summed E-state index contributed by atoms with van der Waals surface area (Å²) >= 11 is 0. The van der Waals surface area contributed by atoms with Crippen molar-refractivity contribution in [3.8, 4) is 23.2 Å². The van der Waals surface area contributed by atoms with Crippen molar-refractivity contribution >= 4 is 15.7 Å². The molecular formula is C22H20N2O5S. The van der Waals surface area contributed by atoms with Gasteiger partial charge in [-0.1, -0.05) is 24.3 Å². The lowest BCUT2D eigenvalue weighted by atomic mass is 10.0. The van der Waals surface area contributed by atoms with E-state index < -0.39 is 10.0 Å². The first-order chi connectivity index (χ1) is 14.4. The fourth-order valence-electron chi connectivity index (χ4n) is 4.39. The van der Waals surface area contributed by atoms with Crippen LogP contribution in [0.1, 0.15) is 29.4 Å². The fourth-order valence-corrected chi connectivity index (χ4v) is 5.46. The number of hydrogen-bond donors (Lipinski definition) is 3. The van der Waals surface area contributed by atoms with Gasteiger partial charge in [-0.05, 0) is 42.8 Å². The predicted octanol–water partition coefficient (Wildman–Crippen LogP) is 3.84. The molecule has 2 aliphatic rings. The van der Waals surface area contributed by atoms with Gasteiger partial charge in [-0.15, -0.1) is 0 Å². The van der Waals surface area contributed by atoms with Crippen LogP contribution in [0, 0.1) is 0 Å². The number of aromatic nitrogens is 1. The third-order valence-electron chi connectivity index (χ3n) is 5.78. The first-order valence-corrected chi connectivity index (χ1v) is 11.0. The van der Waals surface area contributed by atoms with Crippen LogP contribution in [0.2, 0.25) is 0 Å². The van der Waals surface area contributed by atoms with Crippen molar-refractivity contribution in [2.75, 3.05) is 11.8 Å². The molecule has 2 aromatic carbocycles. The molecule has 3 aromatic rings. The second-order valence-electron chi connectivity index (χ2n) is 7.44. The molecule has 1 unspecified atom stereocenters. The molecule has 8 heteroatoms. The summed E-state index contributed by atoms with van der Waals surface area (Å²) in [5.74, 6) is 0.644. The summed E-state index contributed by atoms with van der Waals surface area (Å²) < 4.78 is 34.6. The Labute approximate surface area is 173 Å². The van der Waals surface area contributed by atoms with Crippen molar-refractivity contribution in [3.05, 3.63) is 71.8 Å². The van der Waals surface area contributed by atoms with E-state index in [0.717, 1.165) is 17.5 Å². The molecule has 2 bridgehead atoms. The molecule has 0 radical (unpaired) electrons. The Morgan fingerprint density at radius 3 is 2.17 bits per heavy atom. The van der Waals surface area contributed by atoms with Gasteiger partial charge in [-0.25, -0.2) is 8.42 Å². The largest absolute Gasteiger partial charge is 0.495 e. The van der Waals surface area contributed by atoms with Crippen molar-refractivity contribution < 1.29 is 23.4 Å². The zero-order valence-corrected chi connectivity index (χ0v) is 16.9. The fraction of sp³-hybridized carbons (Fsp3) is 0.182. The minimum atomic E-state index is -3.84. The van der Waals surface area contributed by atoms with Gasteiger partial charge in [-0.2, -0.15) is 0 Å². The monoisotopic (exact) mass is 424 g/mol. The highest BCUT2D eigenvalue weighted by atomic mass is 32.2. The SMILES string of the molecule is COc1ccccc1NS(=O)(=O)c1ccc(-n2c(O)c3c(c2O)[C@H]2C=CC3C2)cc1. The van der Waals surface area contributed by atoms with Crippen LogP contribution in [0.25, 0.3) is 5.69 Å². The second-order valence-corrected chi connectivity index (χ2v) is 9.13.